The third kappa shape index (κ3) is 3.67. The van der Waals surface area contributed by atoms with Crippen LogP contribution in [0.1, 0.15) is 12.5 Å². The molecule has 1 saturated heterocycles. The van der Waals surface area contributed by atoms with Gasteiger partial charge in [-0.3, -0.25) is 9.69 Å². The van der Waals surface area contributed by atoms with E-state index in [0.717, 1.165) is 16.5 Å². The lowest BCUT2D eigenvalue weighted by molar-refractivity contribution is -0.122. The van der Waals surface area contributed by atoms with Crippen LogP contribution in [0.2, 0.25) is 0 Å². The van der Waals surface area contributed by atoms with Crippen molar-refractivity contribution in [1.29, 1.82) is 5.26 Å². The second kappa shape index (κ2) is 7.94. The second-order valence-electron chi connectivity index (χ2n) is 6.42. The molecule has 0 bridgehead atoms. The lowest BCUT2D eigenvalue weighted by Crippen LogP contribution is -2.28. The molecule has 0 spiro atoms. The highest BCUT2D eigenvalue weighted by atomic mass is 32.2. The highest BCUT2D eigenvalue weighted by Gasteiger charge is 2.32. The topological polar surface area (TPSA) is 61.4 Å². The number of hydrogen-bond acceptors (Lipinski definition) is 4. The standard InChI is InChI=1S/C22H17FN4OS/c1-2-27-21(28)20(29-22(27)25-17-9-7-16(23)8-10-17)13-15-14-26(12-11-24)19-6-4-3-5-18(15)19/h3-10,13-14H,2,12H2,1H3/b20-13+,25-22?. The van der Waals surface area contributed by atoms with Crippen LogP contribution in [-0.4, -0.2) is 27.1 Å². The molecule has 144 valence electrons. The predicted molar refractivity (Wildman–Crippen MR) is 114 cm³/mol. The first-order valence-corrected chi connectivity index (χ1v) is 9.93. The molecule has 1 aliphatic heterocycles. The minimum absolute atomic E-state index is 0.115. The van der Waals surface area contributed by atoms with Gasteiger partial charge in [0, 0.05) is 29.2 Å². The van der Waals surface area contributed by atoms with Gasteiger partial charge in [0.25, 0.3) is 5.91 Å². The number of hydrogen-bond donors (Lipinski definition) is 0. The number of benzene rings is 2. The summed E-state index contributed by atoms with van der Waals surface area (Å²) in [7, 11) is 0. The summed E-state index contributed by atoms with van der Waals surface area (Å²) in [5.74, 6) is -0.443. The van der Waals surface area contributed by atoms with Gasteiger partial charge in [-0.2, -0.15) is 5.26 Å². The smallest absolute Gasteiger partial charge is 0.266 e. The number of rotatable bonds is 4. The van der Waals surface area contributed by atoms with Gasteiger partial charge in [0.1, 0.15) is 12.4 Å². The average Bonchev–Trinajstić information content (AvgIpc) is 3.22. The van der Waals surface area contributed by atoms with E-state index in [-0.39, 0.29) is 18.3 Å². The zero-order valence-corrected chi connectivity index (χ0v) is 16.5. The molecule has 5 nitrogen and oxygen atoms in total. The molecule has 2 aromatic carbocycles. The Kier molecular flexibility index (Phi) is 5.19. The molecule has 0 radical (unpaired) electrons. The second-order valence-corrected chi connectivity index (χ2v) is 7.43. The van der Waals surface area contributed by atoms with Gasteiger partial charge in [-0.1, -0.05) is 18.2 Å². The molecular weight excluding hydrogens is 387 g/mol. The Morgan fingerprint density at radius 3 is 2.69 bits per heavy atom. The van der Waals surface area contributed by atoms with E-state index >= 15 is 0 Å². The molecule has 3 aromatic rings. The Labute approximate surface area is 171 Å². The van der Waals surface area contributed by atoms with Crippen molar-refractivity contribution in [3.8, 4) is 6.07 Å². The highest BCUT2D eigenvalue weighted by Crippen LogP contribution is 2.35. The number of aromatic nitrogens is 1. The molecule has 1 aliphatic rings. The van der Waals surface area contributed by atoms with Gasteiger partial charge in [-0.15, -0.1) is 0 Å². The number of aliphatic imine (C=N–C) groups is 1. The summed E-state index contributed by atoms with van der Waals surface area (Å²) in [5.41, 5.74) is 2.42. The van der Waals surface area contributed by atoms with E-state index in [2.05, 4.69) is 11.1 Å². The van der Waals surface area contributed by atoms with Crippen molar-refractivity contribution in [1.82, 2.24) is 9.47 Å². The van der Waals surface area contributed by atoms with Crippen LogP contribution in [0.4, 0.5) is 10.1 Å². The van der Waals surface area contributed by atoms with Crippen LogP contribution in [0.5, 0.6) is 0 Å². The van der Waals surface area contributed by atoms with Crippen LogP contribution in [0.25, 0.3) is 17.0 Å². The number of fused-ring (bicyclic) bond motifs is 1. The molecular formula is C22H17FN4OS. The minimum atomic E-state index is -0.328. The van der Waals surface area contributed by atoms with Crippen LogP contribution < -0.4 is 0 Å². The summed E-state index contributed by atoms with van der Waals surface area (Å²) < 4.78 is 15.0. The third-order valence-electron chi connectivity index (χ3n) is 4.60. The molecule has 0 aliphatic carbocycles. The number of carbonyl (C=O) groups excluding carboxylic acids is 1. The minimum Gasteiger partial charge on any atom is -0.333 e. The molecule has 0 saturated carbocycles. The zero-order chi connectivity index (χ0) is 20.4. The number of thioether (sulfide) groups is 1. The summed E-state index contributed by atoms with van der Waals surface area (Å²) in [4.78, 5) is 19.6. The van der Waals surface area contributed by atoms with Crippen LogP contribution in [0, 0.1) is 17.1 Å². The molecule has 2 heterocycles. The first-order chi connectivity index (χ1) is 14.1. The molecule has 0 atom stereocenters. The maximum Gasteiger partial charge on any atom is 0.266 e. The van der Waals surface area contributed by atoms with E-state index in [4.69, 9.17) is 5.26 Å². The lowest BCUT2D eigenvalue weighted by Gasteiger charge is -2.11. The number of carbonyl (C=O) groups is 1. The van der Waals surface area contributed by atoms with Crippen molar-refractivity contribution in [2.24, 2.45) is 4.99 Å². The number of nitriles is 1. The van der Waals surface area contributed by atoms with Crippen molar-refractivity contribution in [3.05, 3.63) is 71.0 Å². The van der Waals surface area contributed by atoms with E-state index in [1.807, 2.05) is 48.0 Å². The zero-order valence-electron chi connectivity index (χ0n) is 15.7. The summed E-state index contributed by atoms with van der Waals surface area (Å²) in [6, 6.07) is 15.8. The fraction of sp³-hybridized carbons (Fsp3) is 0.136. The Morgan fingerprint density at radius 2 is 1.97 bits per heavy atom. The molecule has 1 aromatic heterocycles. The fourth-order valence-electron chi connectivity index (χ4n) is 3.23. The van der Waals surface area contributed by atoms with Gasteiger partial charge in [0.2, 0.25) is 0 Å². The molecule has 1 amide bonds. The van der Waals surface area contributed by atoms with Crippen LogP contribution in [-0.2, 0) is 11.3 Å². The summed E-state index contributed by atoms with van der Waals surface area (Å²) in [6.45, 7) is 2.61. The van der Waals surface area contributed by atoms with Gasteiger partial charge < -0.3 is 4.57 Å². The molecule has 1 fully saturated rings. The lowest BCUT2D eigenvalue weighted by atomic mass is 10.1. The summed E-state index contributed by atoms with van der Waals surface area (Å²) in [5, 5.41) is 10.6. The van der Waals surface area contributed by atoms with Crippen LogP contribution in [0.3, 0.4) is 0 Å². The Morgan fingerprint density at radius 1 is 1.21 bits per heavy atom. The molecule has 7 heteroatoms. The van der Waals surface area contributed by atoms with E-state index < -0.39 is 0 Å². The van der Waals surface area contributed by atoms with Crippen molar-refractivity contribution in [2.45, 2.75) is 13.5 Å². The van der Waals surface area contributed by atoms with Gasteiger partial charge in [-0.05, 0) is 55.1 Å². The fourth-order valence-corrected chi connectivity index (χ4v) is 4.29. The predicted octanol–water partition coefficient (Wildman–Crippen LogP) is 4.93. The van der Waals surface area contributed by atoms with E-state index in [9.17, 15) is 9.18 Å². The van der Waals surface area contributed by atoms with Crippen molar-refractivity contribution >= 4 is 45.5 Å². The first-order valence-electron chi connectivity index (χ1n) is 9.11. The van der Waals surface area contributed by atoms with Crippen molar-refractivity contribution in [2.75, 3.05) is 6.54 Å². The number of halogens is 1. The van der Waals surface area contributed by atoms with Crippen molar-refractivity contribution in [3.63, 3.8) is 0 Å². The molecule has 29 heavy (non-hydrogen) atoms. The van der Waals surface area contributed by atoms with Gasteiger partial charge in [0.05, 0.1) is 16.7 Å². The first kappa shape index (κ1) is 19.0. The van der Waals surface area contributed by atoms with Gasteiger partial charge in [-0.25, -0.2) is 9.38 Å². The number of amidine groups is 1. The summed E-state index contributed by atoms with van der Waals surface area (Å²) >= 11 is 1.30. The SMILES string of the molecule is CCN1C(=O)/C(=C\c2cn(CC#N)c3ccccc23)SC1=Nc1ccc(F)cc1. The maximum absolute atomic E-state index is 13.1. The van der Waals surface area contributed by atoms with Crippen LogP contribution >= 0.6 is 11.8 Å². The number of likely N-dealkylation sites (N-methyl/N-ethyl adjacent to an activating group) is 1. The normalized spacial score (nSPS) is 16.9. The van der Waals surface area contributed by atoms with E-state index in [1.165, 1.54) is 23.9 Å². The quantitative estimate of drug-likeness (QED) is 0.580. The number of nitrogens with zero attached hydrogens (tertiary/aromatic N) is 4. The maximum atomic E-state index is 13.1. The number of para-hydroxylation sites is 1. The Bertz CT molecular complexity index is 1190. The molecule has 0 N–H and O–H groups in total. The number of amides is 1. The average molecular weight is 404 g/mol. The van der Waals surface area contributed by atoms with E-state index in [0.29, 0.717) is 22.3 Å². The Hall–Kier alpha value is -3.37. The van der Waals surface area contributed by atoms with Gasteiger partial charge >= 0.3 is 0 Å². The Balaban J connectivity index is 1.73. The van der Waals surface area contributed by atoms with Crippen LogP contribution in [0.15, 0.2) is 64.6 Å². The van der Waals surface area contributed by atoms with E-state index in [1.54, 1.807) is 17.0 Å². The third-order valence-corrected chi connectivity index (χ3v) is 5.61. The van der Waals surface area contributed by atoms with Gasteiger partial charge in [0.15, 0.2) is 5.17 Å². The summed E-state index contributed by atoms with van der Waals surface area (Å²) in [6.07, 6.45) is 3.74. The molecule has 4 rings (SSSR count). The molecule has 0 unspecified atom stereocenters. The largest absolute Gasteiger partial charge is 0.333 e. The monoisotopic (exact) mass is 404 g/mol. The highest BCUT2D eigenvalue weighted by molar-refractivity contribution is 8.18. The van der Waals surface area contributed by atoms with Crippen molar-refractivity contribution < 1.29 is 9.18 Å².